The van der Waals surface area contributed by atoms with Crippen LogP contribution < -0.4 is 0 Å². The SMILES string of the molecule is O=C(O)c1n[nH]c2c1C[C@@H]1[C@H]2C12CCCCC2. The highest BCUT2D eigenvalue weighted by Crippen LogP contribution is 2.75. The molecule has 3 aliphatic rings. The van der Waals surface area contributed by atoms with Gasteiger partial charge in [0.15, 0.2) is 5.69 Å². The predicted octanol–water partition coefficient (Wildman–Crippen LogP) is 2.33. The summed E-state index contributed by atoms with van der Waals surface area (Å²) in [7, 11) is 0. The van der Waals surface area contributed by atoms with Crippen LogP contribution in [0.3, 0.4) is 0 Å². The summed E-state index contributed by atoms with van der Waals surface area (Å²) in [5.74, 6) is 0.421. The molecular formula is C13H16N2O2. The number of H-pyrrole nitrogens is 1. The summed E-state index contributed by atoms with van der Waals surface area (Å²) >= 11 is 0. The number of nitrogens with one attached hydrogen (secondary N) is 1. The zero-order valence-electron chi connectivity index (χ0n) is 9.70. The maximum Gasteiger partial charge on any atom is 0.356 e. The highest BCUT2D eigenvalue weighted by Gasteiger charge is 2.68. The molecule has 2 N–H and O–H groups in total. The van der Waals surface area contributed by atoms with Gasteiger partial charge in [-0.3, -0.25) is 5.10 Å². The van der Waals surface area contributed by atoms with Gasteiger partial charge in [-0.1, -0.05) is 19.3 Å². The molecule has 0 aromatic carbocycles. The fraction of sp³-hybridized carbons (Fsp3) is 0.692. The van der Waals surface area contributed by atoms with E-state index in [1.807, 2.05) is 0 Å². The molecule has 2 fully saturated rings. The molecule has 3 aliphatic carbocycles. The van der Waals surface area contributed by atoms with E-state index >= 15 is 0 Å². The smallest absolute Gasteiger partial charge is 0.356 e. The lowest BCUT2D eigenvalue weighted by Gasteiger charge is -2.25. The predicted molar refractivity (Wildman–Crippen MR) is 61.0 cm³/mol. The number of nitrogens with zero attached hydrogens (tertiary/aromatic N) is 1. The number of rotatable bonds is 1. The van der Waals surface area contributed by atoms with Crippen LogP contribution >= 0.6 is 0 Å². The van der Waals surface area contributed by atoms with E-state index < -0.39 is 5.97 Å². The Kier molecular flexibility index (Phi) is 1.66. The number of carboxylic acid groups (broad SMARTS) is 1. The van der Waals surface area contributed by atoms with E-state index in [0.29, 0.717) is 17.3 Å². The maximum atomic E-state index is 11.0. The fourth-order valence-electron chi connectivity index (χ4n) is 4.52. The summed E-state index contributed by atoms with van der Waals surface area (Å²) in [6.07, 6.45) is 7.69. The summed E-state index contributed by atoms with van der Waals surface area (Å²) in [6, 6.07) is 0. The van der Waals surface area contributed by atoms with Gasteiger partial charge in [-0.2, -0.15) is 5.10 Å². The van der Waals surface area contributed by atoms with Crippen LogP contribution in [0.4, 0.5) is 0 Å². The molecule has 1 aromatic heterocycles. The molecule has 0 radical (unpaired) electrons. The molecule has 2 atom stereocenters. The molecule has 0 unspecified atom stereocenters. The molecule has 0 aliphatic heterocycles. The number of hydrogen-bond donors (Lipinski definition) is 2. The second-order valence-electron chi connectivity index (χ2n) is 5.85. The minimum Gasteiger partial charge on any atom is -0.476 e. The van der Waals surface area contributed by atoms with E-state index in [2.05, 4.69) is 10.2 Å². The topological polar surface area (TPSA) is 66.0 Å². The molecule has 0 bridgehead atoms. The summed E-state index contributed by atoms with van der Waals surface area (Å²) < 4.78 is 0. The van der Waals surface area contributed by atoms with Crippen LogP contribution in [0.5, 0.6) is 0 Å². The normalized spacial score (nSPS) is 32.2. The van der Waals surface area contributed by atoms with Gasteiger partial charge < -0.3 is 5.11 Å². The van der Waals surface area contributed by atoms with Crippen LogP contribution in [0.25, 0.3) is 0 Å². The Hall–Kier alpha value is -1.32. The molecular weight excluding hydrogens is 216 g/mol. The van der Waals surface area contributed by atoms with Crippen molar-refractivity contribution >= 4 is 5.97 Å². The number of fused-ring (bicyclic) bond motifs is 5. The highest BCUT2D eigenvalue weighted by molar-refractivity contribution is 5.88. The van der Waals surface area contributed by atoms with Crippen LogP contribution in [0, 0.1) is 11.3 Å². The van der Waals surface area contributed by atoms with E-state index in [9.17, 15) is 4.79 Å². The number of hydrogen-bond acceptors (Lipinski definition) is 2. The van der Waals surface area contributed by atoms with Crippen molar-refractivity contribution in [3.8, 4) is 0 Å². The summed E-state index contributed by atoms with van der Waals surface area (Å²) in [5, 5.41) is 16.0. The number of aromatic amines is 1. The highest BCUT2D eigenvalue weighted by atomic mass is 16.4. The zero-order chi connectivity index (χ0) is 11.6. The van der Waals surface area contributed by atoms with E-state index in [1.54, 1.807) is 0 Å². The monoisotopic (exact) mass is 232 g/mol. The number of carboxylic acids is 1. The van der Waals surface area contributed by atoms with Crippen molar-refractivity contribution in [3.63, 3.8) is 0 Å². The fourth-order valence-corrected chi connectivity index (χ4v) is 4.52. The van der Waals surface area contributed by atoms with Crippen LogP contribution in [-0.4, -0.2) is 21.3 Å². The third-order valence-corrected chi connectivity index (χ3v) is 5.27. The molecule has 0 amide bonds. The van der Waals surface area contributed by atoms with Gasteiger partial charge in [0.05, 0.1) is 0 Å². The van der Waals surface area contributed by atoms with Gasteiger partial charge in [0.25, 0.3) is 0 Å². The average molecular weight is 232 g/mol. The van der Waals surface area contributed by atoms with Crippen molar-refractivity contribution < 1.29 is 9.90 Å². The first-order valence-corrected chi connectivity index (χ1v) is 6.54. The lowest BCUT2D eigenvalue weighted by molar-refractivity contribution is 0.0689. The average Bonchev–Trinajstić information content (AvgIpc) is 2.70. The Morgan fingerprint density at radius 3 is 2.82 bits per heavy atom. The molecule has 90 valence electrons. The van der Waals surface area contributed by atoms with E-state index in [1.165, 1.54) is 32.1 Å². The second-order valence-corrected chi connectivity index (χ2v) is 5.85. The van der Waals surface area contributed by atoms with Gasteiger partial charge in [0.1, 0.15) is 0 Å². The van der Waals surface area contributed by atoms with Crippen molar-refractivity contribution in [3.05, 3.63) is 17.0 Å². The summed E-state index contributed by atoms with van der Waals surface area (Å²) in [4.78, 5) is 11.0. The van der Waals surface area contributed by atoms with Crippen LogP contribution in [0.1, 0.15) is 59.8 Å². The van der Waals surface area contributed by atoms with Crippen molar-refractivity contribution in [1.29, 1.82) is 0 Å². The van der Waals surface area contributed by atoms with E-state index in [-0.39, 0.29) is 5.69 Å². The Labute approximate surface area is 99.4 Å². The van der Waals surface area contributed by atoms with Crippen LogP contribution in [-0.2, 0) is 6.42 Å². The Morgan fingerprint density at radius 2 is 2.12 bits per heavy atom. The number of aromatic nitrogens is 2. The Balaban J connectivity index is 1.70. The molecule has 4 heteroatoms. The Bertz CT molecular complexity index is 500. The molecule has 1 spiro atoms. The third-order valence-electron chi connectivity index (χ3n) is 5.27. The molecule has 0 saturated heterocycles. The Morgan fingerprint density at radius 1 is 1.35 bits per heavy atom. The van der Waals surface area contributed by atoms with Crippen molar-refractivity contribution in [1.82, 2.24) is 10.2 Å². The maximum absolute atomic E-state index is 11.0. The minimum absolute atomic E-state index is 0.262. The minimum atomic E-state index is -0.888. The second kappa shape index (κ2) is 2.92. The van der Waals surface area contributed by atoms with Gasteiger partial charge in [0, 0.05) is 17.2 Å². The number of carbonyl (C=O) groups is 1. The molecule has 4 nitrogen and oxygen atoms in total. The van der Waals surface area contributed by atoms with Crippen molar-refractivity contribution in [2.24, 2.45) is 11.3 Å². The lowest BCUT2D eigenvalue weighted by atomic mass is 9.80. The molecule has 1 heterocycles. The first kappa shape index (κ1) is 9.68. The number of aromatic carboxylic acids is 1. The van der Waals surface area contributed by atoms with Crippen molar-refractivity contribution in [2.75, 3.05) is 0 Å². The molecule has 1 aromatic rings. The van der Waals surface area contributed by atoms with Gasteiger partial charge in [-0.05, 0) is 30.6 Å². The summed E-state index contributed by atoms with van der Waals surface area (Å²) in [5.41, 5.74) is 2.92. The lowest BCUT2D eigenvalue weighted by Crippen LogP contribution is -2.14. The van der Waals surface area contributed by atoms with Gasteiger partial charge in [0.2, 0.25) is 0 Å². The van der Waals surface area contributed by atoms with Crippen LogP contribution in [0.2, 0.25) is 0 Å². The van der Waals surface area contributed by atoms with Gasteiger partial charge in [-0.25, -0.2) is 4.79 Å². The first-order chi connectivity index (χ1) is 8.24. The van der Waals surface area contributed by atoms with E-state index in [0.717, 1.165) is 17.7 Å². The third kappa shape index (κ3) is 1.04. The van der Waals surface area contributed by atoms with Gasteiger partial charge in [-0.15, -0.1) is 0 Å². The summed E-state index contributed by atoms with van der Waals surface area (Å²) in [6.45, 7) is 0. The largest absolute Gasteiger partial charge is 0.476 e. The first-order valence-electron chi connectivity index (χ1n) is 6.54. The van der Waals surface area contributed by atoms with Crippen molar-refractivity contribution in [2.45, 2.75) is 44.4 Å². The quantitative estimate of drug-likeness (QED) is 0.781. The zero-order valence-corrected chi connectivity index (χ0v) is 9.70. The van der Waals surface area contributed by atoms with Crippen LogP contribution in [0.15, 0.2) is 0 Å². The molecule has 2 saturated carbocycles. The standard InChI is InChI=1S/C13H16N2O2/c16-12(17)11-7-6-8-9(10(7)14-15-11)13(8)4-2-1-3-5-13/h8-9H,1-6H2,(H,14,15)(H,16,17)/t8-,9-/m1/s1. The van der Waals surface area contributed by atoms with E-state index in [4.69, 9.17) is 5.11 Å². The molecule has 17 heavy (non-hydrogen) atoms. The molecule has 4 rings (SSSR count). The van der Waals surface area contributed by atoms with Gasteiger partial charge >= 0.3 is 5.97 Å².